The van der Waals surface area contributed by atoms with Crippen LogP contribution in [0.5, 0.6) is 5.75 Å². The summed E-state index contributed by atoms with van der Waals surface area (Å²) >= 11 is 0. The highest BCUT2D eigenvalue weighted by Gasteiger charge is 2.04. The summed E-state index contributed by atoms with van der Waals surface area (Å²) in [6.07, 6.45) is 0. The van der Waals surface area contributed by atoms with Crippen molar-refractivity contribution in [1.29, 1.82) is 10.7 Å². The first-order valence-electron chi connectivity index (χ1n) is 6.95. The Morgan fingerprint density at radius 2 is 2.04 bits per heavy atom. The van der Waals surface area contributed by atoms with Crippen LogP contribution in [0.25, 0.3) is 0 Å². The van der Waals surface area contributed by atoms with Gasteiger partial charge in [0.2, 0.25) is 5.71 Å². The van der Waals surface area contributed by atoms with Crippen LogP contribution in [0.2, 0.25) is 0 Å². The Hall–Kier alpha value is -3.33. The van der Waals surface area contributed by atoms with Crippen LogP contribution in [-0.2, 0) is 6.61 Å². The van der Waals surface area contributed by atoms with Crippen molar-refractivity contribution in [2.24, 2.45) is 10.8 Å². The van der Waals surface area contributed by atoms with Gasteiger partial charge in [0.15, 0.2) is 5.84 Å². The first kappa shape index (κ1) is 16.0. The monoisotopic (exact) mass is 307 g/mol. The molecule has 6 nitrogen and oxygen atoms in total. The first-order chi connectivity index (χ1) is 11.1. The predicted molar refractivity (Wildman–Crippen MR) is 90.5 cm³/mol. The van der Waals surface area contributed by atoms with Crippen LogP contribution in [0.4, 0.5) is 5.69 Å². The number of anilines is 1. The molecule has 2 rings (SSSR count). The largest absolute Gasteiger partial charge is 0.489 e. The van der Waals surface area contributed by atoms with Crippen LogP contribution < -0.4 is 15.9 Å². The van der Waals surface area contributed by atoms with Crippen molar-refractivity contribution in [3.05, 3.63) is 59.7 Å². The number of nitrogens with one attached hydrogen (secondary N) is 2. The van der Waals surface area contributed by atoms with E-state index in [1.807, 2.05) is 49.4 Å². The fraction of sp³-hybridized carbons (Fsp3) is 0.118. The molecule has 0 unspecified atom stereocenters. The third kappa shape index (κ3) is 4.58. The Bertz CT molecular complexity index is 762. The van der Waals surface area contributed by atoms with E-state index >= 15 is 0 Å². The van der Waals surface area contributed by atoms with Gasteiger partial charge in [-0.2, -0.15) is 10.4 Å². The predicted octanol–water partition coefficient (Wildman–Crippen LogP) is 2.80. The summed E-state index contributed by atoms with van der Waals surface area (Å²) < 4.78 is 5.79. The highest BCUT2D eigenvalue weighted by atomic mass is 16.5. The number of nitriles is 1. The fourth-order valence-corrected chi connectivity index (χ4v) is 1.88. The second-order valence-electron chi connectivity index (χ2n) is 4.85. The molecular formula is C17H17N5O. The van der Waals surface area contributed by atoms with Crippen LogP contribution in [0.1, 0.15) is 11.1 Å². The number of amidine groups is 1. The maximum atomic E-state index is 8.79. The topological polar surface area (TPSA) is 107 Å². The van der Waals surface area contributed by atoms with Crippen LogP contribution >= 0.6 is 0 Å². The second-order valence-corrected chi connectivity index (χ2v) is 4.85. The summed E-state index contributed by atoms with van der Waals surface area (Å²) in [4.78, 5) is 0. The molecule has 0 bridgehead atoms. The van der Waals surface area contributed by atoms with Gasteiger partial charge in [0.05, 0.1) is 5.69 Å². The molecule has 0 aromatic heterocycles. The quantitative estimate of drug-likeness (QED) is 0.433. The minimum Gasteiger partial charge on any atom is -0.489 e. The first-order valence-corrected chi connectivity index (χ1v) is 6.95. The molecule has 6 heteroatoms. The molecule has 0 saturated heterocycles. The van der Waals surface area contributed by atoms with Crippen molar-refractivity contribution in [3.63, 3.8) is 0 Å². The van der Waals surface area contributed by atoms with E-state index < -0.39 is 0 Å². The number of nitrogens with zero attached hydrogens (tertiary/aromatic N) is 2. The Kier molecular flexibility index (Phi) is 5.31. The number of ether oxygens (including phenoxy) is 1. The maximum Gasteiger partial charge on any atom is 0.201 e. The molecular weight excluding hydrogens is 290 g/mol. The van der Waals surface area contributed by atoms with Crippen molar-refractivity contribution in [3.8, 4) is 11.8 Å². The summed E-state index contributed by atoms with van der Waals surface area (Å²) in [7, 11) is 0. The lowest BCUT2D eigenvalue weighted by Crippen LogP contribution is -2.21. The zero-order valence-electron chi connectivity index (χ0n) is 12.7. The molecule has 0 atom stereocenters. The van der Waals surface area contributed by atoms with Crippen molar-refractivity contribution in [2.75, 3.05) is 5.43 Å². The minimum atomic E-state index is -0.375. The van der Waals surface area contributed by atoms with Gasteiger partial charge in [0, 0.05) is 0 Å². The Morgan fingerprint density at radius 1 is 1.30 bits per heavy atom. The van der Waals surface area contributed by atoms with E-state index in [1.54, 1.807) is 12.1 Å². The van der Waals surface area contributed by atoms with E-state index in [0.29, 0.717) is 12.3 Å². The van der Waals surface area contributed by atoms with E-state index in [4.69, 9.17) is 21.1 Å². The molecule has 0 aliphatic rings. The number of hydrazone groups is 1. The van der Waals surface area contributed by atoms with Gasteiger partial charge in [-0.05, 0) is 36.2 Å². The van der Waals surface area contributed by atoms with Crippen LogP contribution in [0.15, 0.2) is 53.6 Å². The van der Waals surface area contributed by atoms with Gasteiger partial charge in [-0.15, -0.1) is 0 Å². The van der Waals surface area contributed by atoms with Gasteiger partial charge in [-0.3, -0.25) is 10.8 Å². The van der Waals surface area contributed by atoms with E-state index in [2.05, 4.69) is 10.5 Å². The average Bonchev–Trinajstić information content (AvgIpc) is 2.55. The van der Waals surface area contributed by atoms with Gasteiger partial charge >= 0.3 is 0 Å². The summed E-state index contributed by atoms with van der Waals surface area (Å²) in [5, 5.41) is 19.8. The van der Waals surface area contributed by atoms with Crippen LogP contribution in [-0.4, -0.2) is 11.5 Å². The highest BCUT2D eigenvalue weighted by molar-refractivity contribution is 6.45. The zero-order valence-corrected chi connectivity index (χ0v) is 12.7. The SMILES string of the molecule is Cc1cc(N/N=C(\C#N)C(=N)N)ccc1OCc1ccccc1. The van der Waals surface area contributed by atoms with E-state index in [1.165, 1.54) is 0 Å². The fourth-order valence-electron chi connectivity index (χ4n) is 1.88. The summed E-state index contributed by atoms with van der Waals surface area (Å²) in [5.74, 6) is 0.398. The van der Waals surface area contributed by atoms with Gasteiger partial charge in [0.1, 0.15) is 18.4 Å². The smallest absolute Gasteiger partial charge is 0.201 e. The number of aryl methyl sites for hydroxylation is 1. The van der Waals surface area contributed by atoms with Gasteiger partial charge < -0.3 is 10.5 Å². The molecule has 0 fully saturated rings. The van der Waals surface area contributed by atoms with E-state index in [0.717, 1.165) is 16.9 Å². The minimum absolute atomic E-state index is 0.160. The Labute approximate surface area is 134 Å². The van der Waals surface area contributed by atoms with Crippen LogP contribution in [0.3, 0.4) is 0 Å². The standard InChI is InChI=1S/C17H17N5O/c1-12-9-14(21-22-15(10-18)17(19)20)7-8-16(12)23-11-13-5-3-2-4-6-13/h2-9,21H,11H2,1H3,(H3,19,20)/b22-15+. The molecule has 0 radical (unpaired) electrons. The number of nitrogens with two attached hydrogens (primary N) is 1. The molecule has 0 aliphatic heterocycles. The highest BCUT2D eigenvalue weighted by Crippen LogP contribution is 2.23. The molecule has 2 aromatic rings. The molecule has 23 heavy (non-hydrogen) atoms. The normalized spacial score (nSPS) is 10.7. The molecule has 0 amide bonds. The molecule has 116 valence electrons. The third-order valence-electron chi connectivity index (χ3n) is 3.07. The lowest BCUT2D eigenvalue weighted by Gasteiger charge is -2.10. The lowest BCUT2D eigenvalue weighted by molar-refractivity contribution is 0.304. The second kappa shape index (κ2) is 7.61. The number of hydrogen-bond donors (Lipinski definition) is 3. The van der Waals surface area contributed by atoms with Gasteiger partial charge in [0.25, 0.3) is 0 Å². The molecule has 0 heterocycles. The number of hydrogen-bond acceptors (Lipinski definition) is 5. The number of rotatable bonds is 6. The average molecular weight is 307 g/mol. The molecule has 0 aliphatic carbocycles. The molecule has 0 spiro atoms. The zero-order chi connectivity index (χ0) is 16.7. The van der Waals surface area contributed by atoms with E-state index in [9.17, 15) is 0 Å². The third-order valence-corrected chi connectivity index (χ3v) is 3.07. The maximum absolute atomic E-state index is 8.79. The summed E-state index contributed by atoms with van der Waals surface area (Å²) in [6.45, 7) is 2.42. The van der Waals surface area contributed by atoms with Crippen LogP contribution in [0, 0.1) is 23.7 Å². The lowest BCUT2D eigenvalue weighted by atomic mass is 10.2. The van der Waals surface area contributed by atoms with Gasteiger partial charge in [-0.1, -0.05) is 30.3 Å². The number of benzene rings is 2. The van der Waals surface area contributed by atoms with Gasteiger partial charge in [-0.25, -0.2) is 0 Å². The van der Waals surface area contributed by atoms with Crippen molar-refractivity contribution in [2.45, 2.75) is 13.5 Å². The van der Waals surface area contributed by atoms with Crippen molar-refractivity contribution < 1.29 is 4.74 Å². The summed E-state index contributed by atoms with van der Waals surface area (Å²) in [5.41, 5.74) is 10.5. The van der Waals surface area contributed by atoms with Crippen molar-refractivity contribution in [1.82, 2.24) is 0 Å². The summed E-state index contributed by atoms with van der Waals surface area (Å²) in [6, 6.07) is 17.1. The Balaban J connectivity index is 2.03. The Morgan fingerprint density at radius 3 is 2.65 bits per heavy atom. The molecule has 2 aromatic carbocycles. The van der Waals surface area contributed by atoms with E-state index in [-0.39, 0.29) is 11.5 Å². The molecule has 0 saturated carbocycles. The molecule has 4 N–H and O–H groups in total. The van der Waals surface area contributed by atoms with Crippen molar-refractivity contribution >= 4 is 17.2 Å².